The van der Waals surface area contributed by atoms with E-state index in [1.807, 2.05) is 48.7 Å². The third-order valence-electron chi connectivity index (χ3n) is 3.60. The lowest BCUT2D eigenvalue weighted by molar-refractivity contribution is 1.09. The predicted molar refractivity (Wildman–Crippen MR) is 85.4 cm³/mol. The normalized spacial score (nSPS) is 10.9. The van der Waals surface area contributed by atoms with Crippen molar-refractivity contribution in [2.75, 3.05) is 0 Å². The highest BCUT2D eigenvalue weighted by molar-refractivity contribution is 5.84. The Bertz CT molecular complexity index is 1000. The van der Waals surface area contributed by atoms with Gasteiger partial charge in [0, 0.05) is 17.3 Å². The summed E-state index contributed by atoms with van der Waals surface area (Å²) in [6.45, 7) is 0. The van der Waals surface area contributed by atoms with Gasteiger partial charge in [0.15, 0.2) is 0 Å². The van der Waals surface area contributed by atoms with Crippen LogP contribution in [0.2, 0.25) is 0 Å². The molecule has 0 fully saturated rings. The molecular formula is C17H12N4O. The van der Waals surface area contributed by atoms with E-state index < -0.39 is 0 Å². The van der Waals surface area contributed by atoms with E-state index in [2.05, 4.69) is 20.2 Å². The van der Waals surface area contributed by atoms with Crippen LogP contribution in [0.4, 0.5) is 0 Å². The zero-order valence-electron chi connectivity index (χ0n) is 11.6. The Morgan fingerprint density at radius 1 is 0.909 bits per heavy atom. The summed E-state index contributed by atoms with van der Waals surface area (Å²) in [7, 11) is 0. The minimum absolute atomic E-state index is 0.136. The molecule has 0 bridgehead atoms. The molecule has 0 aliphatic rings. The summed E-state index contributed by atoms with van der Waals surface area (Å²) in [6.07, 6.45) is 3.57. The second-order valence-electron chi connectivity index (χ2n) is 4.96. The van der Waals surface area contributed by atoms with Gasteiger partial charge in [-0.15, -0.1) is 0 Å². The average Bonchev–Trinajstić information content (AvgIpc) is 3.09. The number of para-hydroxylation sites is 1. The lowest BCUT2D eigenvalue weighted by Crippen LogP contribution is -2.09. The van der Waals surface area contributed by atoms with Crippen molar-refractivity contribution in [3.05, 3.63) is 71.3 Å². The molecule has 0 radical (unpaired) electrons. The number of rotatable bonds is 2. The molecule has 0 aliphatic heterocycles. The van der Waals surface area contributed by atoms with Crippen molar-refractivity contribution < 1.29 is 0 Å². The third kappa shape index (κ3) is 2.00. The van der Waals surface area contributed by atoms with Gasteiger partial charge >= 0.3 is 0 Å². The molecule has 0 amide bonds. The van der Waals surface area contributed by atoms with Crippen LogP contribution in [0.5, 0.6) is 0 Å². The summed E-state index contributed by atoms with van der Waals surface area (Å²) in [5.41, 5.74) is 3.33. The van der Waals surface area contributed by atoms with Gasteiger partial charge in [0.2, 0.25) is 0 Å². The first-order chi connectivity index (χ1) is 10.8. The van der Waals surface area contributed by atoms with E-state index in [4.69, 9.17) is 0 Å². The van der Waals surface area contributed by atoms with Crippen LogP contribution < -0.4 is 5.56 Å². The molecule has 0 saturated heterocycles. The van der Waals surface area contributed by atoms with E-state index in [9.17, 15) is 4.79 Å². The van der Waals surface area contributed by atoms with Crippen molar-refractivity contribution in [2.24, 2.45) is 0 Å². The maximum Gasteiger partial charge on any atom is 0.259 e. The molecule has 2 N–H and O–H groups in total. The third-order valence-corrected chi connectivity index (χ3v) is 3.60. The fourth-order valence-electron chi connectivity index (χ4n) is 2.55. The Kier molecular flexibility index (Phi) is 2.83. The van der Waals surface area contributed by atoms with Crippen LogP contribution in [0.1, 0.15) is 0 Å². The molecule has 0 atom stereocenters. The number of hydrogen-bond donors (Lipinski definition) is 2. The maximum absolute atomic E-state index is 12.3. The van der Waals surface area contributed by atoms with E-state index in [1.165, 1.54) is 0 Å². The number of benzene rings is 2. The number of fused-ring (bicyclic) bond motifs is 1. The number of nitrogens with zero attached hydrogens (tertiary/aromatic N) is 2. The van der Waals surface area contributed by atoms with Crippen LogP contribution in [0, 0.1) is 0 Å². The molecule has 4 aromatic rings. The molecule has 4 rings (SSSR count). The SMILES string of the molecule is O=c1[nH]c(-c2ccccc2-c2cn[nH]c2)nc2ccccc12. The Balaban J connectivity index is 1.99. The van der Waals surface area contributed by atoms with Crippen LogP contribution in [-0.2, 0) is 0 Å². The molecule has 2 aromatic heterocycles. The van der Waals surface area contributed by atoms with Crippen LogP contribution in [-0.4, -0.2) is 20.2 Å². The highest BCUT2D eigenvalue weighted by Gasteiger charge is 2.11. The number of H-pyrrole nitrogens is 2. The zero-order valence-corrected chi connectivity index (χ0v) is 11.6. The summed E-state index contributed by atoms with van der Waals surface area (Å²) < 4.78 is 0. The lowest BCUT2D eigenvalue weighted by atomic mass is 10.0. The number of aromatic nitrogens is 4. The molecule has 0 aliphatic carbocycles. The van der Waals surface area contributed by atoms with Crippen molar-refractivity contribution in [1.29, 1.82) is 0 Å². The van der Waals surface area contributed by atoms with Crippen LogP contribution in [0.25, 0.3) is 33.4 Å². The van der Waals surface area contributed by atoms with Gasteiger partial charge in [-0.05, 0) is 17.7 Å². The van der Waals surface area contributed by atoms with Gasteiger partial charge in [-0.2, -0.15) is 5.10 Å². The van der Waals surface area contributed by atoms with Crippen LogP contribution >= 0.6 is 0 Å². The molecule has 0 saturated carbocycles. The van der Waals surface area contributed by atoms with Crippen LogP contribution in [0.15, 0.2) is 65.7 Å². The van der Waals surface area contributed by atoms with Gasteiger partial charge in [-0.3, -0.25) is 9.89 Å². The molecule has 0 spiro atoms. The molecule has 106 valence electrons. The Labute approximate surface area is 125 Å². The molecular weight excluding hydrogens is 276 g/mol. The van der Waals surface area contributed by atoms with E-state index in [0.717, 1.165) is 16.7 Å². The molecule has 2 aromatic carbocycles. The van der Waals surface area contributed by atoms with Gasteiger partial charge in [-0.1, -0.05) is 36.4 Å². The molecule has 22 heavy (non-hydrogen) atoms. The first kappa shape index (κ1) is 12.5. The fraction of sp³-hybridized carbons (Fsp3) is 0. The first-order valence-corrected chi connectivity index (χ1v) is 6.90. The monoisotopic (exact) mass is 288 g/mol. The van der Waals surface area contributed by atoms with E-state index in [-0.39, 0.29) is 5.56 Å². The van der Waals surface area contributed by atoms with Gasteiger partial charge in [0.25, 0.3) is 5.56 Å². The quantitative estimate of drug-likeness (QED) is 0.595. The van der Waals surface area contributed by atoms with E-state index in [0.29, 0.717) is 16.7 Å². The molecule has 5 nitrogen and oxygen atoms in total. The highest BCUT2D eigenvalue weighted by atomic mass is 16.1. The Morgan fingerprint density at radius 2 is 1.68 bits per heavy atom. The van der Waals surface area contributed by atoms with Crippen molar-refractivity contribution in [3.8, 4) is 22.5 Å². The van der Waals surface area contributed by atoms with Crippen molar-refractivity contribution >= 4 is 10.9 Å². The smallest absolute Gasteiger partial charge is 0.259 e. The summed E-state index contributed by atoms with van der Waals surface area (Å²) in [4.78, 5) is 19.7. The van der Waals surface area contributed by atoms with Gasteiger partial charge in [-0.25, -0.2) is 4.98 Å². The van der Waals surface area contributed by atoms with Crippen LogP contribution in [0.3, 0.4) is 0 Å². The second-order valence-corrected chi connectivity index (χ2v) is 4.96. The average molecular weight is 288 g/mol. The first-order valence-electron chi connectivity index (χ1n) is 6.90. The van der Waals surface area contributed by atoms with Crippen molar-refractivity contribution in [2.45, 2.75) is 0 Å². The van der Waals surface area contributed by atoms with Crippen molar-refractivity contribution in [3.63, 3.8) is 0 Å². The number of hydrogen-bond acceptors (Lipinski definition) is 3. The molecule has 5 heteroatoms. The number of nitrogens with one attached hydrogen (secondary N) is 2. The minimum atomic E-state index is -0.136. The standard InChI is InChI=1S/C17H12N4O/c22-17-14-7-3-4-8-15(14)20-16(21-17)13-6-2-1-5-12(13)11-9-18-19-10-11/h1-10H,(H,18,19)(H,20,21,22). The van der Waals surface area contributed by atoms with Crippen molar-refractivity contribution in [1.82, 2.24) is 20.2 Å². The van der Waals surface area contributed by atoms with Gasteiger partial charge in [0.05, 0.1) is 17.1 Å². The maximum atomic E-state index is 12.3. The lowest BCUT2D eigenvalue weighted by Gasteiger charge is -2.08. The molecule has 2 heterocycles. The highest BCUT2D eigenvalue weighted by Crippen LogP contribution is 2.29. The molecule has 0 unspecified atom stereocenters. The second kappa shape index (κ2) is 4.96. The zero-order chi connectivity index (χ0) is 14.9. The summed E-state index contributed by atoms with van der Waals surface area (Å²) in [5.74, 6) is 0.556. The number of aromatic amines is 2. The van der Waals surface area contributed by atoms with Gasteiger partial charge < -0.3 is 4.98 Å². The Hall–Kier alpha value is -3.21. The summed E-state index contributed by atoms with van der Waals surface area (Å²) >= 11 is 0. The van der Waals surface area contributed by atoms with Gasteiger partial charge in [0.1, 0.15) is 5.82 Å². The topological polar surface area (TPSA) is 74.4 Å². The summed E-state index contributed by atoms with van der Waals surface area (Å²) in [5, 5.41) is 7.38. The minimum Gasteiger partial charge on any atom is -0.306 e. The summed E-state index contributed by atoms with van der Waals surface area (Å²) in [6, 6.07) is 15.1. The Morgan fingerprint density at radius 3 is 2.50 bits per heavy atom. The largest absolute Gasteiger partial charge is 0.306 e. The van der Waals surface area contributed by atoms with E-state index in [1.54, 1.807) is 12.3 Å². The van der Waals surface area contributed by atoms with E-state index >= 15 is 0 Å². The fourth-order valence-corrected chi connectivity index (χ4v) is 2.55. The predicted octanol–water partition coefficient (Wildman–Crippen LogP) is 2.98.